The lowest BCUT2D eigenvalue weighted by Gasteiger charge is -2.29. The number of esters is 1. The second-order valence-electron chi connectivity index (χ2n) is 7.00. The van der Waals surface area contributed by atoms with Crippen LogP contribution in [0.1, 0.15) is 18.9 Å². The van der Waals surface area contributed by atoms with E-state index in [1.54, 1.807) is 29.3 Å². The number of rotatable bonds is 4. The molecule has 1 atom stereocenters. The van der Waals surface area contributed by atoms with E-state index in [0.29, 0.717) is 28.3 Å². The highest BCUT2D eigenvalue weighted by atomic mass is 35.5. The summed E-state index contributed by atoms with van der Waals surface area (Å²) in [6.07, 6.45) is 4.86. The van der Waals surface area contributed by atoms with Gasteiger partial charge in [0.2, 0.25) is 11.8 Å². The second-order valence-corrected chi connectivity index (χ2v) is 7.00. The predicted molar refractivity (Wildman–Crippen MR) is 110 cm³/mol. The Morgan fingerprint density at radius 3 is 2.83 bits per heavy atom. The number of fused-ring (bicyclic) bond motifs is 3. The van der Waals surface area contributed by atoms with Gasteiger partial charge in [-0.3, -0.25) is 0 Å². The first kappa shape index (κ1) is 20.1. The largest absolute Gasteiger partial charge is 0.467 e. The summed E-state index contributed by atoms with van der Waals surface area (Å²) in [6.45, 7) is 1.68. The van der Waals surface area contributed by atoms with Crippen LogP contribution in [0.4, 0.5) is 5.95 Å². The van der Waals surface area contributed by atoms with Gasteiger partial charge in [-0.1, -0.05) is 0 Å². The van der Waals surface area contributed by atoms with Crippen LogP contribution in [0.2, 0.25) is 0 Å². The monoisotopic (exact) mass is 432 g/mol. The number of methoxy groups -OCH3 is 1. The molecule has 12 heteroatoms. The third-order valence-electron chi connectivity index (χ3n) is 5.33. The fourth-order valence-electron chi connectivity index (χ4n) is 3.91. The van der Waals surface area contributed by atoms with Crippen LogP contribution in [-0.2, 0) is 9.53 Å². The zero-order chi connectivity index (χ0) is 20.0. The molecule has 0 saturated carbocycles. The lowest BCUT2D eigenvalue weighted by Crippen LogP contribution is -2.37. The number of furan rings is 1. The first-order chi connectivity index (χ1) is 14.2. The average Bonchev–Trinajstić information content (AvgIpc) is 3.48. The van der Waals surface area contributed by atoms with Crippen LogP contribution < -0.4 is 11.1 Å². The van der Waals surface area contributed by atoms with Crippen LogP contribution in [0, 0.1) is 5.92 Å². The summed E-state index contributed by atoms with van der Waals surface area (Å²) in [5.41, 5.74) is 7.13. The van der Waals surface area contributed by atoms with Crippen LogP contribution in [0.25, 0.3) is 28.3 Å². The van der Waals surface area contributed by atoms with E-state index in [9.17, 15) is 4.79 Å². The minimum absolute atomic E-state index is 0. The molecule has 4 aromatic heterocycles. The van der Waals surface area contributed by atoms with E-state index in [4.69, 9.17) is 14.9 Å². The van der Waals surface area contributed by atoms with E-state index in [1.165, 1.54) is 11.6 Å². The molecule has 1 aliphatic rings. The number of ether oxygens (including phenoxy) is 1. The molecular weight excluding hydrogens is 412 g/mol. The number of nitrogens with zero attached hydrogens (tertiary/aromatic N) is 6. The van der Waals surface area contributed by atoms with Gasteiger partial charge in [0.15, 0.2) is 23.1 Å². The smallest absolute Gasteiger partial charge is 0.331 e. The third-order valence-corrected chi connectivity index (χ3v) is 5.33. The quantitative estimate of drug-likeness (QED) is 0.458. The Morgan fingerprint density at radius 2 is 2.13 bits per heavy atom. The normalized spacial score (nSPS) is 15.9. The first-order valence-electron chi connectivity index (χ1n) is 9.39. The Labute approximate surface area is 177 Å². The van der Waals surface area contributed by atoms with Gasteiger partial charge >= 0.3 is 5.97 Å². The van der Waals surface area contributed by atoms with E-state index in [2.05, 4.69) is 25.5 Å². The maximum absolute atomic E-state index is 12.7. The van der Waals surface area contributed by atoms with Crippen LogP contribution in [-0.4, -0.2) is 55.5 Å². The highest BCUT2D eigenvalue weighted by Gasteiger charge is 2.34. The summed E-state index contributed by atoms with van der Waals surface area (Å²) in [5, 5.41) is 12.8. The molecule has 0 aliphatic carbocycles. The molecule has 0 bridgehead atoms. The van der Waals surface area contributed by atoms with Crippen molar-refractivity contribution < 1.29 is 13.9 Å². The second kappa shape index (κ2) is 7.92. The van der Waals surface area contributed by atoms with Gasteiger partial charge in [-0.15, -0.1) is 17.5 Å². The number of hydrogen-bond donors (Lipinski definition) is 2. The summed E-state index contributed by atoms with van der Waals surface area (Å²) in [4.78, 5) is 21.7. The summed E-state index contributed by atoms with van der Waals surface area (Å²) in [7, 11) is 1.39. The average molecular weight is 433 g/mol. The van der Waals surface area contributed by atoms with E-state index in [0.717, 1.165) is 25.9 Å². The summed E-state index contributed by atoms with van der Waals surface area (Å²) in [6, 6.07) is 2.95. The zero-order valence-corrected chi connectivity index (χ0v) is 17.0. The fourth-order valence-corrected chi connectivity index (χ4v) is 3.91. The molecule has 4 aromatic rings. The van der Waals surface area contributed by atoms with Crippen molar-refractivity contribution in [1.82, 2.24) is 34.7 Å². The van der Waals surface area contributed by atoms with Crippen molar-refractivity contribution in [2.75, 3.05) is 25.9 Å². The Bertz CT molecular complexity index is 1180. The minimum atomic E-state index is -0.582. The molecule has 5 rings (SSSR count). The number of halogens is 1. The molecule has 1 unspecified atom stereocenters. The van der Waals surface area contributed by atoms with Crippen molar-refractivity contribution in [2.24, 2.45) is 5.92 Å². The number of nitrogens with two attached hydrogens (primary N) is 1. The first-order valence-corrected chi connectivity index (χ1v) is 9.39. The number of nitrogens with one attached hydrogen (secondary N) is 1. The van der Waals surface area contributed by atoms with Crippen LogP contribution >= 0.6 is 12.4 Å². The van der Waals surface area contributed by atoms with Gasteiger partial charge in [-0.2, -0.15) is 14.6 Å². The number of aromatic nitrogens is 6. The number of carbonyl (C=O) groups is 1. The number of hydrogen-bond acceptors (Lipinski definition) is 9. The highest BCUT2D eigenvalue weighted by Crippen LogP contribution is 2.31. The zero-order valence-electron chi connectivity index (χ0n) is 16.2. The SMILES string of the molecule is COC(=O)C(C1CCNCC1)n1ncc2c1nc(N)n1nc(-c3ccco3)nc21.Cl. The Balaban J connectivity index is 0.00000218. The number of nitrogen functional groups attached to an aromatic ring is 1. The van der Waals surface area contributed by atoms with Gasteiger partial charge in [-0.25, -0.2) is 14.5 Å². The lowest BCUT2D eigenvalue weighted by atomic mass is 9.90. The Morgan fingerprint density at radius 1 is 1.33 bits per heavy atom. The van der Waals surface area contributed by atoms with E-state index < -0.39 is 6.04 Å². The molecule has 30 heavy (non-hydrogen) atoms. The molecule has 11 nitrogen and oxygen atoms in total. The third kappa shape index (κ3) is 3.15. The standard InChI is InChI=1S/C18H20N8O3.ClH/c1-28-17(27)13(10-4-6-20-7-5-10)25-16-11(9-21-25)15-22-14(12-3-2-8-29-12)24-26(15)18(19)23-16;/h2-3,8-10,13,20H,4-7H2,1H3,(H2,19,23);1H. The lowest BCUT2D eigenvalue weighted by molar-refractivity contribution is -0.147. The van der Waals surface area contributed by atoms with E-state index in [-0.39, 0.29) is 30.2 Å². The van der Waals surface area contributed by atoms with Crippen molar-refractivity contribution in [3.8, 4) is 11.6 Å². The topological polar surface area (TPSA) is 138 Å². The van der Waals surface area contributed by atoms with Gasteiger partial charge in [0, 0.05) is 0 Å². The molecule has 3 N–H and O–H groups in total. The molecule has 158 valence electrons. The van der Waals surface area contributed by atoms with Crippen molar-refractivity contribution in [3.05, 3.63) is 24.6 Å². The van der Waals surface area contributed by atoms with Gasteiger partial charge in [0.25, 0.3) is 0 Å². The molecule has 1 saturated heterocycles. The number of anilines is 1. The van der Waals surface area contributed by atoms with Gasteiger partial charge in [-0.05, 0) is 44.0 Å². The Kier molecular flexibility index (Phi) is 5.31. The van der Waals surface area contributed by atoms with Crippen LogP contribution in [0.5, 0.6) is 0 Å². The highest BCUT2D eigenvalue weighted by molar-refractivity contribution is 5.91. The molecule has 0 aromatic carbocycles. The van der Waals surface area contributed by atoms with Crippen LogP contribution in [0.3, 0.4) is 0 Å². The van der Waals surface area contributed by atoms with Gasteiger partial charge in [0.05, 0.1) is 25.0 Å². The molecular formula is C18H21ClN8O3. The molecule has 1 fully saturated rings. The fraction of sp³-hybridized carbons (Fsp3) is 0.389. The van der Waals surface area contributed by atoms with Crippen molar-refractivity contribution in [3.63, 3.8) is 0 Å². The minimum Gasteiger partial charge on any atom is -0.467 e. The van der Waals surface area contributed by atoms with E-state index >= 15 is 0 Å². The van der Waals surface area contributed by atoms with Crippen molar-refractivity contribution >= 4 is 41.0 Å². The molecule has 1 aliphatic heterocycles. The predicted octanol–water partition coefficient (Wildman–Crippen LogP) is 1.45. The Hall–Kier alpha value is -3.18. The van der Waals surface area contributed by atoms with Crippen LogP contribution in [0.15, 0.2) is 29.0 Å². The molecule has 0 radical (unpaired) electrons. The van der Waals surface area contributed by atoms with Gasteiger partial charge in [0.1, 0.15) is 0 Å². The number of piperidine rings is 1. The molecule has 5 heterocycles. The maximum Gasteiger partial charge on any atom is 0.331 e. The maximum atomic E-state index is 12.7. The van der Waals surface area contributed by atoms with Crippen molar-refractivity contribution in [1.29, 1.82) is 0 Å². The van der Waals surface area contributed by atoms with Gasteiger partial charge < -0.3 is 20.2 Å². The summed E-state index contributed by atoms with van der Waals surface area (Å²) >= 11 is 0. The molecule has 0 amide bonds. The van der Waals surface area contributed by atoms with E-state index in [1.807, 2.05) is 0 Å². The summed E-state index contributed by atoms with van der Waals surface area (Å²) in [5.74, 6) is 0.804. The van der Waals surface area contributed by atoms with Crippen molar-refractivity contribution in [2.45, 2.75) is 18.9 Å². The number of carbonyl (C=O) groups excluding carboxylic acids is 1. The summed E-state index contributed by atoms with van der Waals surface area (Å²) < 4.78 is 13.5. The molecule has 0 spiro atoms.